The normalized spacial score (nSPS) is 15.4. The number of nitrogens with one attached hydrogen (secondary N) is 3. The molecule has 0 spiro atoms. The Balaban J connectivity index is 0.00000312. The summed E-state index contributed by atoms with van der Waals surface area (Å²) < 4.78 is 27.8. The molecule has 0 aliphatic carbocycles. The molecular formula is C16H26ClN3O3S2. The zero-order valence-corrected chi connectivity index (χ0v) is 16.7. The molecule has 1 amide bonds. The Bertz CT molecular complexity index is 650. The van der Waals surface area contributed by atoms with Crippen LogP contribution in [0.25, 0.3) is 0 Å². The van der Waals surface area contributed by atoms with Crippen LogP contribution in [-0.2, 0) is 10.0 Å². The lowest BCUT2D eigenvalue weighted by Crippen LogP contribution is -2.42. The summed E-state index contributed by atoms with van der Waals surface area (Å²) in [6.45, 7) is 2.21. The fraction of sp³-hybridized carbons (Fsp3) is 0.562. The maximum atomic E-state index is 12.5. The molecule has 9 heteroatoms. The minimum atomic E-state index is -3.61. The van der Waals surface area contributed by atoms with Crippen LogP contribution in [-0.4, -0.2) is 52.0 Å². The van der Waals surface area contributed by atoms with Crippen molar-refractivity contribution in [3.8, 4) is 0 Å². The fourth-order valence-electron chi connectivity index (χ4n) is 2.55. The lowest BCUT2D eigenvalue weighted by atomic mass is 10.1. The quantitative estimate of drug-likeness (QED) is 0.570. The monoisotopic (exact) mass is 407 g/mol. The standard InChI is InChI=1S/C16H25N3O3S2.ClH/c1-23-11-3-8-18-16(20)13-4-2-5-15(12-13)24(21,22)19-14-6-9-17-10-7-14;/h2,4-5,12,14,17,19H,3,6-11H2,1H3,(H,18,20);1H. The first-order chi connectivity index (χ1) is 11.5. The molecule has 142 valence electrons. The molecule has 0 radical (unpaired) electrons. The van der Waals surface area contributed by atoms with Gasteiger partial charge in [-0.25, -0.2) is 13.1 Å². The molecule has 1 fully saturated rings. The van der Waals surface area contributed by atoms with E-state index in [0.717, 1.165) is 38.1 Å². The molecule has 0 bridgehead atoms. The summed E-state index contributed by atoms with van der Waals surface area (Å²) in [7, 11) is -3.61. The van der Waals surface area contributed by atoms with Gasteiger partial charge in [-0.2, -0.15) is 11.8 Å². The molecule has 0 atom stereocenters. The Kier molecular flexibility index (Phi) is 9.81. The number of halogens is 1. The van der Waals surface area contributed by atoms with E-state index in [0.29, 0.717) is 12.1 Å². The highest BCUT2D eigenvalue weighted by molar-refractivity contribution is 7.98. The van der Waals surface area contributed by atoms with Gasteiger partial charge in [-0.05, 0) is 62.6 Å². The Hall–Kier alpha value is -0.800. The van der Waals surface area contributed by atoms with Crippen LogP contribution >= 0.6 is 24.2 Å². The third kappa shape index (κ3) is 7.15. The lowest BCUT2D eigenvalue weighted by Gasteiger charge is -2.23. The van der Waals surface area contributed by atoms with Crippen LogP contribution in [0, 0.1) is 0 Å². The van der Waals surface area contributed by atoms with E-state index in [-0.39, 0.29) is 29.3 Å². The number of carbonyl (C=O) groups is 1. The zero-order valence-electron chi connectivity index (χ0n) is 14.3. The number of thioether (sulfide) groups is 1. The minimum Gasteiger partial charge on any atom is -0.352 e. The van der Waals surface area contributed by atoms with Gasteiger partial charge in [0.1, 0.15) is 0 Å². The summed E-state index contributed by atoms with van der Waals surface area (Å²) in [5.74, 6) is 0.740. The van der Waals surface area contributed by atoms with E-state index in [2.05, 4.69) is 15.4 Å². The highest BCUT2D eigenvalue weighted by Crippen LogP contribution is 2.14. The Labute approximate surface area is 160 Å². The zero-order chi connectivity index (χ0) is 17.4. The predicted molar refractivity (Wildman–Crippen MR) is 105 cm³/mol. The molecule has 6 nitrogen and oxygen atoms in total. The molecule has 3 N–H and O–H groups in total. The molecule has 0 saturated carbocycles. The smallest absolute Gasteiger partial charge is 0.251 e. The molecule has 0 aromatic heterocycles. The summed E-state index contributed by atoms with van der Waals surface area (Å²) in [5, 5.41) is 6.02. The van der Waals surface area contributed by atoms with Gasteiger partial charge in [-0.15, -0.1) is 12.4 Å². The van der Waals surface area contributed by atoms with Crippen molar-refractivity contribution in [2.45, 2.75) is 30.2 Å². The van der Waals surface area contributed by atoms with Crippen molar-refractivity contribution < 1.29 is 13.2 Å². The number of benzene rings is 1. The number of piperidine rings is 1. The third-order valence-corrected chi connectivity index (χ3v) is 6.09. The largest absolute Gasteiger partial charge is 0.352 e. The number of hydrogen-bond acceptors (Lipinski definition) is 5. The van der Waals surface area contributed by atoms with Crippen LogP contribution in [0.5, 0.6) is 0 Å². The number of sulfonamides is 1. The summed E-state index contributed by atoms with van der Waals surface area (Å²) >= 11 is 1.73. The van der Waals surface area contributed by atoms with Gasteiger partial charge in [-0.1, -0.05) is 6.07 Å². The van der Waals surface area contributed by atoms with Gasteiger partial charge in [0.15, 0.2) is 0 Å². The van der Waals surface area contributed by atoms with Crippen LogP contribution in [0.15, 0.2) is 29.2 Å². The van der Waals surface area contributed by atoms with Crippen LogP contribution < -0.4 is 15.4 Å². The van der Waals surface area contributed by atoms with Crippen LogP contribution in [0.3, 0.4) is 0 Å². The van der Waals surface area contributed by atoms with Crippen molar-refractivity contribution in [3.05, 3.63) is 29.8 Å². The van der Waals surface area contributed by atoms with Gasteiger partial charge in [0, 0.05) is 18.2 Å². The van der Waals surface area contributed by atoms with Gasteiger partial charge in [-0.3, -0.25) is 4.79 Å². The SMILES string of the molecule is CSCCCNC(=O)c1cccc(S(=O)(=O)NC2CCNCC2)c1.Cl. The first kappa shape index (κ1) is 22.2. The number of rotatable bonds is 8. The summed E-state index contributed by atoms with van der Waals surface area (Å²) in [5.41, 5.74) is 0.368. The van der Waals surface area contributed by atoms with E-state index in [4.69, 9.17) is 0 Å². The molecule has 1 aliphatic heterocycles. The molecule has 1 saturated heterocycles. The predicted octanol–water partition coefficient (Wildman–Crippen LogP) is 1.62. The molecule has 1 aliphatic rings. The Morgan fingerprint density at radius 3 is 2.72 bits per heavy atom. The number of amides is 1. The molecular weight excluding hydrogens is 382 g/mol. The third-order valence-electron chi connectivity index (χ3n) is 3.88. The summed E-state index contributed by atoms with van der Waals surface area (Å²) in [6, 6.07) is 6.14. The van der Waals surface area contributed by atoms with Crippen molar-refractivity contribution in [1.82, 2.24) is 15.4 Å². The molecule has 1 heterocycles. The maximum absolute atomic E-state index is 12.5. The first-order valence-corrected chi connectivity index (χ1v) is 11.0. The second-order valence-electron chi connectivity index (χ2n) is 5.78. The minimum absolute atomic E-state index is 0. The average Bonchev–Trinajstić information content (AvgIpc) is 2.59. The van der Waals surface area contributed by atoms with E-state index in [9.17, 15) is 13.2 Å². The Morgan fingerprint density at radius 1 is 1.32 bits per heavy atom. The van der Waals surface area contributed by atoms with Crippen LogP contribution in [0.1, 0.15) is 29.6 Å². The fourth-order valence-corrected chi connectivity index (χ4v) is 4.34. The van der Waals surface area contributed by atoms with Gasteiger partial charge in [0.25, 0.3) is 5.91 Å². The highest BCUT2D eigenvalue weighted by Gasteiger charge is 2.22. The molecule has 1 aromatic carbocycles. The van der Waals surface area contributed by atoms with E-state index >= 15 is 0 Å². The van der Waals surface area contributed by atoms with E-state index in [1.807, 2.05) is 6.26 Å². The van der Waals surface area contributed by atoms with Gasteiger partial charge in [0.2, 0.25) is 10.0 Å². The molecule has 25 heavy (non-hydrogen) atoms. The van der Waals surface area contributed by atoms with Crippen molar-refractivity contribution >= 4 is 40.1 Å². The van der Waals surface area contributed by atoms with Crippen LogP contribution in [0.4, 0.5) is 0 Å². The second-order valence-corrected chi connectivity index (χ2v) is 8.48. The number of carbonyl (C=O) groups excluding carboxylic acids is 1. The Morgan fingerprint density at radius 2 is 2.04 bits per heavy atom. The van der Waals surface area contributed by atoms with E-state index < -0.39 is 10.0 Å². The van der Waals surface area contributed by atoms with Crippen molar-refractivity contribution in [3.63, 3.8) is 0 Å². The summed E-state index contributed by atoms with van der Waals surface area (Å²) in [4.78, 5) is 12.3. The second kappa shape index (κ2) is 11.0. The lowest BCUT2D eigenvalue weighted by molar-refractivity contribution is 0.0953. The molecule has 0 unspecified atom stereocenters. The van der Waals surface area contributed by atoms with Crippen molar-refractivity contribution in [2.24, 2.45) is 0 Å². The first-order valence-electron chi connectivity index (χ1n) is 8.13. The topological polar surface area (TPSA) is 87.3 Å². The summed E-state index contributed by atoms with van der Waals surface area (Å²) in [6.07, 6.45) is 4.46. The van der Waals surface area contributed by atoms with Crippen molar-refractivity contribution in [1.29, 1.82) is 0 Å². The molecule has 2 rings (SSSR count). The van der Waals surface area contributed by atoms with Gasteiger partial charge < -0.3 is 10.6 Å². The average molecular weight is 408 g/mol. The molecule has 1 aromatic rings. The van der Waals surface area contributed by atoms with E-state index in [1.54, 1.807) is 23.9 Å². The van der Waals surface area contributed by atoms with Crippen molar-refractivity contribution in [2.75, 3.05) is 31.6 Å². The van der Waals surface area contributed by atoms with Crippen LogP contribution in [0.2, 0.25) is 0 Å². The number of hydrogen-bond donors (Lipinski definition) is 3. The maximum Gasteiger partial charge on any atom is 0.251 e. The van der Waals surface area contributed by atoms with Gasteiger partial charge >= 0.3 is 0 Å². The van der Waals surface area contributed by atoms with Gasteiger partial charge in [0.05, 0.1) is 4.90 Å². The van der Waals surface area contributed by atoms with E-state index in [1.165, 1.54) is 12.1 Å². The highest BCUT2D eigenvalue weighted by atomic mass is 35.5.